The fourth-order valence-electron chi connectivity index (χ4n) is 3.16. The van der Waals surface area contributed by atoms with Crippen molar-refractivity contribution in [1.29, 1.82) is 0 Å². The van der Waals surface area contributed by atoms with Gasteiger partial charge in [0.25, 0.3) is 5.91 Å². The molecular formula is C21H27NO2. The van der Waals surface area contributed by atoms with Crippen molar-refractivity contribution in [2.75, 3.05) is 0 Å². The molecule has 2 aromatic rings. The van der Waals surface area contributed by atoms with E-state index < -0.39 is 0 Å². The van der Waals surface area contributed by atoms with Gasteiger partial charge in [0.15, 0.2) is 0 Å². The Balaban J connectivity index is 2.29. The van der Waals surface area contributed by atoms with Crippen LogP contribution in [0.5, 0.6) is 0 Å². The van der Waals surface area contributed by atoms with Gasteiger partial charge in [-0.2, -0.15) is 0 Å². The average molecular weight is 325 g/mol. The maximum absolute atomic E-state index is 13.0. The minimum atomic E-state index is -0.299. The summed E-state index contributed by atoms with van der Waals surface area (Å²) in [5.41, 5.74) is 1.31. The monoisotopic (exact) mass is 325 g/mol. The number of benzene rings is 1. The van der Waals surface area contributed by atoms with E-state index in [4.69, 9.17) is 4.42 Å². The van der Waals surface area contributed by atoms with Crippen LogP contribution in [0.15, 0.2) is 53.1 Å². The van der Waals surface area contributed by atoms with Crippen molar-refractivity contribution in [1.82, 2.24) is 5.32 Å². The SMILES string of the molecule is CC(C)(C)CC(C)(C)NC(=O)/C(=C/c1ccco1)c1ccccc1. The van der Waals surface area contributed by atoms with Gasteiger partial charge in [-0.05, 0) is 49.5 Å². The van der Waals surface area contributed by atoms with Crippen LogP contribution in [0.4, 0.5) is 0 Å². The van der Waals surface area contributed by atoms with Crippen LogP contribution < -0.4 is 5.32 Å². The molecule has 2 rings (SSSR count). The fraction of sp³-hybridized carbons (Fsp3) is 0.381. The van der Waals surface area contributed by atoms with Crippen LogP contribution in [0.2, 0.25) is 0 Å². The zero-order valence-corrected chi connectivity index (χ0v) is 15.2. The van der Waals surface area contributed by atoms with Gasteiger partial charge in [0.1, 0.15) is 5.76 Å². The van der Waals surface area contributed by atoms with E-state index in [1.165, 1.54) is 0 Å². The van der Waals surface area contributed by atoms with Gasteiger partial charge in [-0.3, -0.25) is 4.79 Å². The highest BCUT2D eigenvalue weighted by Crippen LogP contribution is 2.28. The quantitative estimate of drug-likeness (QED) is 0.772. The lowest BCUT2D eigenvalue weighted by molar-refractivity contribution is -0.117. The summed E-state index contributed by atoms with van der Waals surface area (Å²) in [6.45, 7) is 10.7. The summed E-state index contributed by atoms with van der Waals surface area (Å²) in [5, 5.41) is 3.17. The molecule has 0 radical (unpaired) electrons. The van der Waals surface area contributed by atoms with Crippen molar-refractivity contribution in [2.24, 2.45) is 5.41 Å². The van der Waals surface area contributed by atoms with Gasteiger partial charge in [0.2, 0.25) is 0 Å². The molecule has 0 spiro atoms. The molecule has 0 aliphatic rings. The Labute approximate surface area is 144 Å². The molecule has 0 fully saturated rings. The highest BCUT2D eigenvalue weighted by atomic mass is 16.3. The number of carbonyl (C=O) groups excluding carboxylic acids is 1. The highest BCUT2D eigenvalue weighted by molar-refractivity contribution is 6.24. The second kappa shape index (κ2) is 7.08. The van der Waals surface area contributed by atoms with Crippen LogP contribution in [-0.4, -0.2) is 11.4 Å². The Kier molecular flexibility index (Phi) is 5.33. The van der Waals surface area contributed by atoms with Crippen molar-refractivity contribution >= 4 is 17.6 Å². The van der Waals surface area contributed by atoms with Crippen molar-refractivity contribution in [3.63, 3.8) is 0 Å². The normalized spacial score (nSPS) is 13.0. The zero-order valence-electron chi connectivity index (χ0n) is 15.2. The molecule has 0 aliphatic heterocycles. The molecule has 0 bridgehead atoms. The summed E-state index contributed by atoms with van der Waals surface area (Å²) in [5.74, 6) is 0.574. The molecule has 1 heterocycles. The van der Waals surface area contributed by atoms with Crippen LogP contribution in [0.3, 0.4) is 0 Å². The third-order valence-corrected chi connectivity index (χ3v) is 3.58. The van der Waals surface area contributed by atoms with Crippen molar-refractivity contribution in [3.05, 3.63) is 60.1 Å². The molecule has 0 aliphatic carbocycles. The van der Waals surface area contributed by atoms with E-state index in [1.807, 2.05) is 42.5 Å². The third kappa shape index (κ3) is 5.41. The van der Waals surface area contributed by atoms with Crippen LogP contribution in [-0.2, 0) is 4.79 Å². The van der Waals surface area contributed by atoms with E-state index in [2.05, 4.69) is 39.9 Å². The summed E-state index contributed by atoms with van der Waals surface area (Å²) in [6, 6.07) is 13.3. The lowest BCUT2D eigenvalue weighted by atomic mass is 9.81. The van der Waals surface area contributed by atoms with Crippen LogP contribution >= 0.6 is 0 Å². The number of amides is 1. The van der Waals surface area contributed by atoms with Gasteiger partial charge in [-0.25, -0.2) is 0 Å². The van der Waals surface area contributed by atoms with Crippen molar-refractivity contribution in [2.45, 2.75) is 46.6 Å². The lowest BCUT2D eigenvalue weighted by Crippen LogP contribution is -2.46. The highest BCUT2D eigenvalue weighted by Gasteiger charge is 2.28. The molecular weight excluding hydrogens is 298 g/mol. The molecule has 3 nitrogen and oxygen atoms in total. The Bertz CT molecular complexity index is 689. The summed E-state index contributed by atoms with van der Waals surface area (Å²) in [7, 11) is 0. The minimum Gasteiger partial charge on any atom is -0.465 e. The lowest BCUT2D eigenvalue weighted by Gasteiger charge is -2.33. The van der Waals surface area contributed by atoms with Gasteiger partial charge in [-0.1, -0.05) is 51.1 Å². The molecule has 1 aromatic heterocycles. The Morgan fingerprint density at radius 3 is 2.25 bits per heavy atom. The average Bonchev–Trinajstić information content (AvgIpc) is 2.95. The fourth-order valence-corrected chi connectivity index (χ4v) is 3.16. The Morgan fingerprint density at radius 1 is 1.04 bits per heavy atom. The second-order valence-corrected chi connectivity index (χ2v) is 8.01. The van der Waals surface area contributed by atoms with E-state index in [9.17, 15) is 4.79 Å². The predicted octanol–water partition coefficient (Wildman–Crippen LogP) is 5.15. The van der Waals surface area contributed by atoms with E-state index in [-0.39, 0.29) is 16.9 Å². The maximum atomic E-state index is 13.0. The molecule has 0 unspecified atom stereocenters. The second-order valence-electron chi connectivity index (χ2n) is 8.01. The zero-order chi connectivity index (χ0) is 17.8. The number of nitrogens with one attached hydrogen (secondary N) is 1. The van der Waals surface area contributed by atoms with Gasteiger partial charge in [0, 0.05) is 5.54 Å². The van der Waals surface area contributed by atoms with Gasteiger partial charge in [-0.15, -0.1) is 0 Å². The maximum Gasteiger partial charge on any atom is 0.252 e. The first kappa shape index (κ1) is 18.1. The molecule has 1 amide bonds. The molecule has 0 atom stereocenters. The number of carbonyl (C=O) groups is 1. The topological polar surface area (TPSA) is 42.2 Å². The summed E-state index contributed by atoms with van der Waals surface area (Å²) in [4.78, 5) is 13.0. The summed E-state index contributed by atoms with van der Waals surface area (Å²) < 4.78 is 5.39. The van der Waals surface area contributed by atoms with E-state index in [0.29, 0.717) is 11.3 Å². The summed E-state index contributed by atoms with van der Waals surface area (Å²) in [6.07, 6.45) is 4.28. The number of furan rings is 1. The Hall–Kier alpha value is -2.29. The molecule has 0 saturated carbocycles. The van der Waals surface area contributed by atoms with Crippen molar-refractivity contribution in [3.8, 4) is 0 Å². The molecule has 1 aromatic carbocycles. The van der Waals surface area contributed by atoms with Gasteiger partial charge >= 0.3 is 0 Å². The smallest absolute Gasteiger partial charge is 0.252 e. The van der Waals surface area contributed by atoms with E-state index in [0.717, 1.165) is 12.0 Å². The molecule has 128 valence electrons. The molecule has 1 N–H and O–H groups in total. The van der Waals surface area contributed by atoms with Crippen LogP contribution in [0, 0.1) is 5.41 Å². The first-order valence-corrected chi connectivity index (χ1v) is 8.29. The molecule has 0 saturated heterocycles. The van der Waals surface area contributed by atoms with Gasteiger partial charge in [0.05, 0.1) is 11.8 Å². The number of hydrogen-bond acceptors (Lipinski definition) is 2. The van der Waals surface area contributed by atoms with Gasteiger partial charge < -0.3 is 9.73 Å². The molecule has 24 heavy (non-hydrogen) atoms. The van der Waals surface area contributed by atoms with Crippen molar-refractivity contribution < 1.29 is 9.21 Å². The number of rotatable bonds is 5. The largest absolute Gasteiger partial charge is 0.465 e. The first-order chi connectivity index (χ1) is 11.2. The van der Waals surface area contributed by atoms with Crippen LogP contribution in [0.1, 0.15) is 52.4 Å². The number of hydrogen-bond donors (Lipinski definition) is 1. The Morgan fingerprint density at radius 2 is 1.71 bits per heavy atom. The molecule has 3 heteroatoms. The standard InChI is InChI=1S/C21H27NO2/c1-20(2,3)15-21(4,5)22-19(23)18(14-17-12-9-13-24-17)16-10-7-6-8-11-16/h6-14H,15H2,1-5H3,(H,22,23)/b18-14+. The van der Waals surface area contributed by atoms with E-state index >= 15 is 0 Å². The minimum absolute atomic E-state index is 0.0909. The third-order valence-electron chi connectivity index (χ3n) is 3.58. The predicted molar refractivity (Wildman–Crippen MR) is 99.3 cm³/mol. The summed E-state index contributed by atoms with van der Waals surface area (Å²) >= 11 is 0. The van der Waals surface area contributed by atoms with E-state index in [1.54, 1.807) is 12.3 Å². The first-order valence-electron chi connectivity index (χ1n) is 8.29. The van der Waals surface area contributed by atoms with Crippen LogP contribution in [0.25, 0.3) is 11.6 Å².